The molecule has 0 fully saturated rings. The summed E-state index contributed by atoms with van der Waals surface area (Å²) in [5.41, 5.74) is 1.56. The highest BCUT2D eigenvalue weighted by molar-refractivity contribution is 6.34. The first-order valence-corrected chi connectivity index (χ1v) is 7.77. The lowest BCUT2D eigenvalue weighted by molar-refractivity contribution is 0.0696. The second-order valence-corrected chi connectivity index (χ2v) is 6.67. The molecule has 0 radical (unpaired) electrons. The maximum Gasteiger partial charge on any atom is 0.335 e. The lowest BCUT2D eigenvalue weighted by Crippen LogP contribution is -2.10. The second-order valence-electron chi connectivity index (χ2n) is 6.32. The Morgan fingerprint density at radius 3 is 2.50 bits per heavy atom. The maximum absolute atomic E-state index is 11.2. The molecule has 26 heavy (non-hydrogen) atoms. The Labute approximate surface area is 153 Å². The number of hydrogen-bond acceptors (Lipinski definition) is 6. The van der Waals surface area contributed by atoms with Crippen molar-refractivity contribution in [3.05, 3.63) is 52.0 Å². The van der Waals surface area contributed by atoms with E-state index < -0.39 is 5.97 Å². The first-order valence-electron chi connectivity index (χ1n) is 7.39. The molecule has 0 saturated carbocycles. The summed E-state index contributed by atoms with van der Waals surface area (Å²) in [5, 5.41) is 18.2. The van der Waals surface area contributed by atoms with Gasteiger partial charge in [0.2, 0.25) is 0 Å². The molecule has 0 aliphatic carbocycles. The fourth-order valence-corrected chi connectivity index (χ4v) is 2.68. The summed E-state index contributed by atoms with van der Waals surface area (Å²) in [7, 11) is 0. The Hall–Kier alpha value is -3.07. The maximum atomic E-state index is 11.2. The van der Waals surface area contributed by atoms with E-state index in [0.29, 0.717) is 16.6 Å². The highest BCUT2D eigenvalue weighted by Crippen LogP contribution is 2.35. The first-order chi connectivity index (χ1) is 12.2. The molecular weight excluding hydrogens is 362 g/mol. The Bertz CT molecular complexity index is 965. The molecular formula is C16H16ClN5O4. The number of pyridine rings is 1. The third-order valence-electron chi connectivity index (χ3n) is 3.58. The Morgan fingerprint density at radius 2 is 1.92 bits per heavy atom. The summed E-state index contributed by atoms with van der Waals surface area (Å²) in [5.74, 6) is -0.533. The molecule has 10 heteroatoms. The third kappa shape index (κ3) is 3.77. The zero-order chi connectivity index (χ0) is 19.5. The van der Waals surface area contributed by atoms with Gasteiger partial charge in [0.25, 0.3) is 0 Å². The van der Waals surface area contributed by atoms with Crippen LogP contribution in [0.15, 0.2) is 36.2 Å². The van der Waals surface area contributed by atoms with E-state index in [1.165, 1.54) is 30.0 Å². The molecule has 0 unspecified atom stereocenters. The molecule has 0 saturated heterocycles. The van der Waals surface area contributed by atoms with Gasteiger partial charge >= 0.3 is 5.97 Å². The fourth-order valence-electron chi connectivity index (χ4n) is 2.45. The average molecular weight is 378 g/mol. The van der Waals surface area contributed by atoms with Crippen molar-refractivity contribution >= 4 is 28.6 Å². The fraction of sp³-hybridized carbons (Fsp3) is 0.250. The summed E-state index contributed by atoms with van der Waals surface area (Å²) >= 11 is 6.27. The first kappa shape index (κ1) is 19.3. The molecule has 0 amide bonds. The summed E-state index contributed by atoms with van der Waals surface area (Å²) in [6, 6.07) is 2.95. The van der Waals surface area contributed by atoms with Crippen LogP contribution < -0.4 is 0 Å². The molecule has 3 aromatic heterocycles. The summed E-state index contributed by atoms with van der Waals surface area (Å²) in [6.07, 6.45) is 4.73. The van der Waals surface area contributed by atoms with Crippen LogP contribution in [0.1, 0.15) is 36.7 Å². The second kappa shape index (κ2) is 7.44. The monoisotopic (exact) mass is 377 g/mol. The van der Waals surface area contributed by atoms with Crippen LogP contribution in [0, 0.1) is 4.91 Å². The number of aromatic nitrogens is 4. The average Bonchev–Trinajstić information content (AvgIpc) is 2.97. The molecule has 3 aromatic rings. The minimum Gasteiger partial charge on any atom is -0.478 e. The molecule has 136 valence electrons. The number of hydrogen-bond donors (Lipinski definition) is 2. The van der Waals surface area contributed by atoms with Gasteiger partial charge in [0, 0.05) is 12.4 Å². The van der Waals surface area contributed by atoms with Gasteiger partial charge in [0.15, 0.2) is 11.0 Å². The van der Waals surface area contributed by atoms with Gasteiger partial charge in [-0.1, -0.05) is 32.4 Å². The van der Waals surface area contributed by atoms with Gasteiger partial charge in [-0.2, -0.15) is 0 Å². The summed E-state index contributed by atoms with van der Waals surface area (Å²) in [4.78, 5) is 31.9. The Balaban J connectivity index is 0.000000758. The van der Waals surface area contributed by atoms with Crippen molar-refractivity contribution in [2.75, 3.05) is 0 Å². The third-order valence-corrected chi connectivity index (χ3v) is 3.87. The number of aromatic carboxylic acids is 1. The van der Waals surface area contributed by atoms with Gasteiger partial charge in [-0.15, -0.1) is 4.91 Å². The van der Waals surface area contributed by atoms with E-state index >= 15 is 0 Å². The van der Waals surface area contributed by atoms with Crippen LogP contribution in [0.4, 0.5) is 0 Å². The predicted octanol–water partition coefficient (Wildman–Crippen LogP) is 3.61. The zero-order valence-corrected chi connectivity index (χ0v) is 15.0. The quantitative estimate of drug-likeness (QED) is 0.396. The number of rotatable bonds is 2. The number of nitrogens with zero attached hydrogens (tertiary/aromatic N) is 5. The van der Waals surface area contributed by atoms with Crippen LogP contribution in [0.2, 0.25) is 5.15 Å². The SMILES string of the molecule is CC(C)(C)c1cn(-c2cc(C(=O)O)ccn2)c2ncnc(Cl)c12.O=NO. The molecule has 0 aliphatic heterocycles. The van der Waals surface area contributed by atoms with Gasteiger partial charge < -0.3 is 10.3 Å². The van der Waals surface area contributed by atoms with E-state index in [9.17, 15) is 4.79 Å². The minimum atomic E-state index is -1.01. The number of fused-ring (bicyclic) bond motifs is 1. The smallest absolute Gasteiger partial charge is 0.335 e. The van der Waals surface area contributed by atoms with Crippen LogP contribution in [0.5, 0.6) is 0 Å². The normalized spacial score (nSPS) is 10.9. The van der Waals surface area contributed by atoms with Crippen molar-refractivity contribution in [3.63, 3.8) is 0 Å². The van der Waals surface area contributed by atoms with E-state index in [0.717, 1.165) is 10.9 Å². The lowest BCUT2D eigenvalue weighted by atomic mass is 9.87. The molecule has 9 nitrogen and oxygen atoms in total. The van der Waals surface area contributed by atoms with Gasteiger partial charge in [-0.3, -0.25) is 4.57 Å². The van der Waals surface area contributed by atoms with Crippen LogP contribution in [0.3, 0.4) is 0 Å². The highest BCUT2D eigenvalue weighted by Gasteiger charge is 2.24. The molecule has 0 atom stereocenters. The molecule has 3 heterocycles. The predicted molar refractivity (Wildman–Crippen MR) is 94.9 cm³/mol. The van der Waals surface area contributed by atoms with E-state index in [1.54, 1.807) is 4.57 Å². The molecule has 0 aliphatic rings. The van der Waals surface area contributed by atoms with Gasteiger partial charge in [-0.05, 0) is 23.1 Å². The highest BCUT2D eigenvalue weighted by atomic mass is 35.5. The van der Waals surface area contributed by atoms with Gasteiger partial charge in [0.1, 0.15) is 17.3 Å². The lowest BCUT2D eigenvalue weighted by Gasteiger charge is -2.17. The number of carboxylic acid groups (broad SMARTS) is 1. The minimum absolute atomic E-state index is 0.161. The Morgan fingerprint density at radius 1 is 1.27 bits per heavy atom. The topological polar surface area (TPSA) is 131 Å². The van der Waals surface area contributed by atoms with Crippen LogP contribution in [-0.2, 0) is 5.41 Å². The molecule has 0 aromatic carbocycles. The van der Waals surface area contributed by atoms with E-state index in [4.69, 9.17) is 26.8 Å². The summed E-state index contributed by atoms with van der Waals surface area (Å²) < 4.78 is 1.75. The van der Waals surface area contributed by atoms with Crippen LogP contribution in [0.25, 0.3) is 16.9 Å². The van der Waals surface area contributed by atoms with Crippen molar-refractivity contribution in [1.29, 1.82) is 0 Å². The number of halogens is 1. The van der Waals surface area contributed by atoms with Crippen LogP contribution in [-0.4, -0.2) is 35.8 Å². The van der Waals surface area contributed by atoms with Gasteiger partial charge in [-0.25, -0.2) is 19.7 Å². The molecule has 3 rings (SSSR count). The van der Waals surface area contributed by atoms with Crippen LogP contribution >= 0.6 is 11.6 Å². The molecule has 2 N–H and O–H groups in total. The van der Waals surface area contributed by atoms with Gasteiger partial charge in [0.05, 0.1) is 10.9 Å². The van der Waals surface area contributed by atoms with Crippen molar-refractivity contribution in [2.45, 2.75) is 26.2 Å². The molecule has 0 spiro atoms. The van der Waals surface area contributed by atoms with Crippen molar-refractivity contribution in [3.8, 4) is 5.82 Å². The van der Waals surface area contributed by atoms with Crippen molar-refractivity contribution < 1.29 is 15.1 Å². The summed E-state index contributed by atoms with van der Waals surface area (Å²) in [6.45, 7) is 6.20. The number of carboxylic acids is 1. The van der Waals surface area contributed by atoms with E-state index in [-0.39, 0.29) is 11.0 Å². The van der Waals surface area contributed by atoms with E-state index in [1.807, 2.05) is 6.20 Å². The van der Waals surface area contributed by atoms with E-state index in [2.05, 4.69) is 35.7 Å². The van der Waals surface area contributed by atoms with Crippen molar-refractivity contribution in [2.24, 2.45) is 5.34 Å². The Kier molecular flexibility index (Phi) is 5.51. The largest absolute Gasteiger partial charge is 0.478 e. The number of carbonyl (C=O) groups is 1. The molecule has 0 bridgehead atoms. The standard InChI is InChI=1S/C16H15ClN4O2.HNO2/c1-16(2,3)10-7-21(14-12(10)13(17)19-8-20-14)11-6-9(15(22)23)4-5-18-11;2-1-3/h4-8H,1-3H3,(H,22,23);(H,2,3). The van der Waals surface area contributed by atoms with Crippen molar-refractivity contribution in [1.82, 2.24) is 19.5 Å². The zero-order valence-electron chi connectivity index (χ0n) is 14.2.